The van der Waals surface area contributed by atoms with Crippen LogP contribution in [-0.2, 0) is 9.84 Å². The van der Waals surface area contributed by atoms with Crippen LogP contribution in [0.3, 0.4) is 0 Å². The number of nitrogens with zero attached hydrogens (tertiary/aromatic N) is 2. The predicted molar refractivity (Wildman–Crippen MR) is 101 cm³/mol. The van der Waals surface area contributed by atoms with E-state index in [2.05, 4.69) is 4.98 Å². The Hall–Kier alpha value is -1.70. The lowest BCUT2D eigenvalue weighted by atomic mass is 10.0. The normalized spacial score (nSPS) is 19.5. The second-order valence-electron chi connectivity index (χ2n) is 6.24. The van der Waals surface area contributed by atoms with E-state index in [1.807, 2.05) is 25.1 Å². The largest absolute Gasteiger partial charge is 0.294 e. The Morgan fingerprint density at radius 1 is 1.36 bits per heavy atom. The zero-order valence-corrected chi connectivity index (χ0v) is 15.8. The molecule has 0 spiro atoms. The van der Waals surface area contributed by atoms with Gasteiger partial charge in [-0.15, -0.1) is 11.3 Å². The molecule has 1 aromatic carbocycles. The van der Waals surface area contributed by atoms with Crippen LogP contribution in [0.15, 0.2) is 35.4 Å². The summed E-state index contributed by atoms with van der Waals surface area (Å²) in [4.78, 5) is 19.2. The molecule has 1 fully saturated rings. The molecule has 3 aromatic rings. The SMILES string of the molecule is Cc1sc2ncn(C3CCS(=O)(=O)C3)c(=O)c2c1-c1cccc(Cl)c1. The van der Waals surface area contributed by atoms with Crippen LogP contribution < -0.4 is 5.56 Å². The number of thiophene rings is 1. The summed E-state index contributed by atoms with van der Waals surface area (Å²) in [6.45, 7) is 1.95. The highest BCUT2D eigenvalue weighted by Gasteiger charge is 2.30. The van der Waals surface area contributed by atoms with Gasteiger partial charge in [-0.25, -0.2) is 13.4 Å². The maximum absolute atomic E-state index is 13.1. The zero-order chi connectivity index (χ0) is 17.8. The third kappa shape index (κ3) is 2.90. The van der Waals surface area contributed by atoms with Gasteiger partial charge in [0, 0.05) is 15.5 Å². The zero-order valence-electron chi connectivity index (χ0n) is 13.4. The van der Waals surface area contributed by atoms with E-state index < -0.39 is 9.84 Å². The van der Waals surface area contributed by atoms with Gasteiger partial charge in [-0.05, 0) is 31.0 Å². The van der Waals surface area contributed by atoms with E-state index in [9.17, 15) is 13.2 Å². The van der Waals surface area contributed by atoms with Gasteiger partial charge in [-0.2, -0.15) is 0 Å². The molecule has 1 atom stereocenters. The van der Waals surface area contributed by atoms with E-state index in [-0.39, 0.29) is 23.1 Å². The molecule has 130 valence electrons. The molecule has 0 N–H and O–H groups in total. The molecule has 1 unspecified atom stereocenters. The fraction of sp³-hybridized carbons (Fsp3) is 0.294. The van der Waals surface area contributed by atoms with Crippen molar-refractivity contribution in [3.63, 3.8) is 0 Å². The molecular weight excluding hydrogens is 380 g/mol. The van der Waals surface area contributed by atoms with Crippen LogP contribution in [0.5, 0.6) is 0 Å². The lowest BCUT2D eigenvalue weighted by molar-refractivity contribution is 0.534. The van der Waals surface area contributed by atoms with Crippen LogP contribution >= 0.6 is 22.9 Å². The van der Waals surface area contributed by atoms with Crippen LogP contribution in [0.1, 0.15) is 17.3 Å². The van der Waals surface area contributed by atoms with Gasteiger partial charge in [-0.1, -0.05) is 23.7 Å². The number of rotatable bonds is 2. The van der Waals surface area contributed by atoms with E-state index in [0.29, 0.717) is 21.7 Å². The number of hydrogen-bond donors (Lipinski definition) is 0. The summed E-state index contributed by atoms with van der Waals surface area (Å²) >= 11 is 7.57. The molecule has 8 heteroatoms. The third-order valence-corrected chi connectivity index (χ3v) is 7.53. The molecule has 0 radical (unpaired) electrons. The first-order valence-electron chi connectivity index (χ1n) is 7.82. The van der Waals surface area contributed by atoms with Gasteiger partial charge in [0.15, 0.2) is 9.84 Å². The second-order valence-corrected chi connectivity index (χ2v) is 10.1. The molecule has 2 aromatic heterocycles. The molecule has 0 saturated carbocycles. The van der Waals surface area contributed by atoms with E-state index in [0.717, 1.165) is 16.0 Å². The number of aromatic nitrogens is 2. The minimum Gasteiger partial charge on any atom is -0.294 e. The number of hydrogen-bond acceptors (Lipinski definition) is 5. The highest BCUT2D eigenvalue weighted by Crippen LogP contribution is 2.36. The molecule has 1 aliphatic rings. The average Bonchev–Trinajstić information content (AvgIpc) is 3.07. The summed E-state index contributed by atoms with van der Waals surface area (Å²) < 4.78 is 25.0. The van der Waals surface area contributed by atoms with Crippen molar-refractivity contribution in [2.45, 2.75) is 19.4 Å². The Labute approximate surface area is 153 Å². The fourth-order valence-corrected chi connectivity index (χ4v) is 6.27. The van der Waals surface area contributed by atoms with Crippen LogP contribution in [0.4, 0.5) is 0 Å². The summed E-state index contributed by atoms with van der Waals surface area (Å²) in [5, 5.41) is 1.14. The topological polar surface area (TPSA) is 69.0 Å². The molecule has 0 aliphatic carbocycles. The number of fused-ring (bicyclic) bond motifs is 1. The van der Waals surface area contributed by atoms with Crippen molar-refractivity contribution in [2.75, 3.05) is 11.5 Å². The first kappa shape index (κ1) is 16.8. The predicted octanol–water partition coefficient (Wildman–Crippen LogP) is 3.45. The van der Waals surface area contributed by atoms with Crippen LogP contribution in [0.2, 0.25) is 5.02 Å². The highest BCUT2D eigenvalue weighted by atomic mass is 35.5. The van der Waals surface area contributed by atoms with Gasteiger partial charge in [0.1, 0.15) is 4.83 Å². The minimum atomic E-state index is -3.08. The summed E-state index contributed by atoms with van der Waals surface area (Å²) in [6.07, 6.45) is 1.93. The molecule has 4 rings (SSSR count). The molecule has 25 heavy (non-hydrogen) atoms. The van der Waals surface area contributed by atoms with Crippen molar-refractivity contribution in [1.82, 2.24) is 9.55 Å². The third-order valence-electron chi connectivity index (χ3n) is 4.53. The van der Waals surface area contributed by atoms with Crippen molar-refractivity contribution in [2.24, 2.45) is 0 Å². The quantitative estimate of drug-likeness (QED) is 0.667. The summed E-state index contributed by atoms with van der Waals surface area (Å²) in [5.74, 6) is 0.113. The standard InChI is InChI=1S/C17H15ClN2O3S2/c1-10-14(11-3-2-4-12(18)7-11)15-16(24-10)19-9-20(17(15)21)13-5-6-25(22,23)8-13/h2-4,7,9,13H,5-6,8H2,1H3. The molecule has 3 heterocycles. The van der Waals surface area contributed by atoms with Crippen molar-refractivity contribution >= 4 is 43.0 Å². The molecule has 1 aliphatic heterocycles. The monoisotopic (exact) mass is 394 g/mol. The van der Waals surface area contributed by atoms with Crippen LogP contribution in [-0.4, -0.2) is 29.5 Å². The molecule has 0 bridgehead atoms. The summed E-state index contributed by atoms with van der Waals surface area (Å²) in [7, 11) is -3.08. The van der Waals surface area contributed by atoms with Crippen LogP contribution in [0, 0.1) is 6.92 Å². The van der Waals surface area contributed by atoms with E-state index >= 15 is 0 Å². The van der Waals surface area contributed by atoms with E-state index in [1.54, 1.807) is 6.07 Å². The molecular formula is C17H15ClN2O3S2. The van der Waals surface area contributed by atoms with Gasteiger partial charge in [0.05, 0.1) is 29.3 Å². The smallest absolute Gasteiger partial charge is 0.262 e. The van der Waals surface area contributed by atoms with E-state index in [1.165, 1.54) is 22.2 Å². The Bertz CT molecular complexity index is 1150. The Morgan fingerprint density at radius 3 is 2.84 bits per heavy atom. The summed E-state index contributed by atoms with van der Waals surface area (Å²) in [6, 6.07) is 7.03. The lowest BCUT2D eigenvalue weighted by Gasteiger charge is -2.12. The van der Waals surface area contributed by atoms with Gasteiger partial charge in [-0.3, -0.25) is 9.36 Å². The Kier molecular flexibility index (Phi) is 3.97. The van der Waals surface area contributed by atoms with Gasteiger partial charge < -0.3 is 0 Å². The molecule has 1 saturated heterocycles. The van der Waals surface area contributed by atoms with Crippen molar-refractivity contribution in [3.8, 4) is 11.1 Å². The van der Waals surface area contributed by atoms with Crippen LogP contribution in [0.25, 0.3) is 21.3 Å². The highest BCUT2D eigenvalue weighted by molar-refractivity contribution is 7.91. The second kappa shape index (κ2) is 5.93. The molecule has 0 amide bonds. The van der Waals surface area contributed by atoms with Crippen molar-refractivity contribution in [3.05, 3.63) is 50.8 Å². The van der Waals surface area contributed by atoms with Gasteiger partial charge in [0.2, 0.25) is 0 Å². The lowest BCUT2D eigenvalue weighted by Crippen LogP contribution is -2.25. The number of halogens is 1. The number of sulfone groups is 1. The Balaban J connectivity index is 1.95. The Morgan fingerprint density at radius 2 is 2.16 bits per heavy atom. The first-order valence-corrected chi connectivity index (χ1v) is 10.8. The van der Waals surface area contributed by atoms with Gasteiger partial charge in [0.25, 0.3) is 5.56 Å². The van der Waals surface area contributed by atoms with Crippen molar-refractivity contribution < 1.29 is 8.42 Å². The number of aryl methyl sites for hydroxylation is 1. The maximum Gasteiger partial charge on any atom is 0.262 e. The fourth-order valence-electron chi connectivity index (χ4n) is 3.36. The van der Waals surface area contributed by atoms with Gasteiger partial charge >= 0.3 is 0 Å². The maximum atomic E-state index is 13.1. The molecule has 5 nitrogen and oxygen atoms in total. The van der Waals surface area contributed by atoms with E-state index in [4.69, 9.17) is 11.6 Å². The number of benzene rings is 1. The van der Waals surface area contributed by atoms with Crippen molar-refractivity contribution in [1.29, 1.82) is 0 Å². The first-order chi connectivity index (χ1) is 11.9. The minimum absolute atomic E-state index is 0.00425. The summed E-state index contributed by atoms with van der Waals surface area (Å²) in [5.41, 5.74) is 1.51. The average molecular weight is 395 g/mol.